The Kier molecular flexibility index (Phi) is 5.44. The highest BCUT2D eigenvalue weighted by Crippen LogP contribution is 2.22. The largest absolute Gasteiger partial charge is 0.497 e. The fourth-order valence-corrected chi connectivity index (χ4v) is 2.67. The molecule has 2 unspecified atom stereocenters. The van der Waals surface area contributed by atoms with Gasteiger partial charge in [-0.2, -0.15) is 0 Å². The Morgan fingerprint density at radius 1 is 1.33 bits per heavy atom. The van der Waals surface area contributed by atoms with Gasteiger partial charge in [0.2, 0.25) is 0 Å². The van der Waals surface area contributed by atoms with Crippen molar-refractivity contribution in [3.05, 3.63) is 24.3 Å². The molecule has 0 saturated carbocycles. The Morgan fingerprint density at radius 3 is 2.62 bits per heavy atom. The zero-order valence-corrected chi connectivity index (χ0v) is 12.6. The Morgan fingerprint density at radius 2 is 2.00 bits per heavy atom. The number of likely N-dealkylation sites (tertiary alicyclic amines) is 1. The smallest absolute Gasteiger partial charge is 0.320 e. The molecule has 0 spiro atoms. The summed E-state index contributed by atoms with van der Waals surface area (Å²) in [5.41, 5.74) is 0. The standard InChI is InChI=1S/C16H23NO4/c1-12-7-8-17(15(11-12)16(18)19)9-10-21-14-5-3-13(20-2)4-6-14/h3-6,12,15H,7-11H2,1-2H3,(H,18,19). The first kappa shape index (κ1) is 15.6. The highest BCUT2D eigenvalue weighted by Gasteiger charge is 2.31. The molecular weight excluding hydrogens is 270 g/mol. The number of methoxy groups -OCH3 is 1. The third-order valence-corrected chi connectivity index (χ3v) is 3.97. The maximum absolute atomic E-state index is 11.3. The lowest BCUT2D eigenvalue weighted by Gasteiger charge is -2.35. The van der Waals surface area contributed by atoms with E-state index >= 15 is 0 Å². The van der Waals surface area contributed by atoms with Gasteiger partial charge in [-0.1, -0.05) is 6.92 Å². The lowest BCUT2D eigenvalue weighted by molar-refractivity contribution is -0.145. The maximum atomic E-state index is 11.3. The van der Waals surface area contributed by atoms with Crippen LogP contribution in [-0.4, -0.2) is 48.8 Å². The molecule has 5 nitrogen and oxygen atoms in total. The third-order valence-electron chi connectivity index (χ3n) is 3.97. The summed E-state index contributed by atoms with van der Waals surface area (Å²) in [6, 6.07) is 7.02. The molecule has 0 amide bonds. The average molecular weight is 293 g/mol. The summed E-state index contributed by atoms with van der Waals surface area (Å²) in [4.78, 5) is 13.3. The SMILES string of the molecule is COc1ccc(OCCN2CCC(C)CC2C(=O)O)cc1. The van der Waals surface area contributed by atoms with Crippen LogP contribution in [0.5, 0.6) is 11.5 Å². The van der Waals surface area contributed by atoms with Crippen molar-refractivity contribution in [1.82, 2.24) is 4.90 Å². The molecule has 1 aliphatic heterocycles. The van der Waals surface area contributed by atoms with Crippen molar-refractivity contribution in [1.29, 1.82) is 0 Å². The Labute approximate surface area is 125 Å². The first-order valence-corrected chi connectivity index (χ1v) is 7.34. The van der Waals surface area contributed by atoms with Crippen LogP contribution in [0.3, 0.4) is 0 Å². The minimum absolute atomic E-state index is 0.381. The first-order chi connectivity index (χ1) is 10.1. The summed E-state index contributed by atoms with van der Waals surface area (Å²) in [5.74, 6) is 1.31. The molecule has 0 radical (unpaired) electrons. The lowest BCUT2D eigenvalue weighted by Crippen LogP contribution is -2.48. The first-order valence-electron chi connectivity index (χ1n) is 7.34. The Hall–Kier alpha value is -1.75. The van der Waals surface area contributed by atoms with Crippen LogP contribution in [0.1, 0.15) is 19.8 Å². The lowest BCUT2D eigenvalue weighted by atomic mass is 9.92. The molecule has 0 aliphatic carbocycles. The summed E-state index contributed by atoms with van der Waals surface area (Å²) < 4.78 is 10.8. The molecule has 116 valence electrons. The van der Waals surface area contributed by atoms with E-state index in [-0.39, 0.29) is 6.04 Å². The molecule has 0 bridgehead atoms. The molecule has 1 heterocycles. The van der Waals surface area contributed by atoms with Gasteiger partial charge in [0.15, 0.2) is 0 Å². The molecule has 5 heteroatoms. The fraction of sp³-hybridized carbons (Fsp3) is 0.562. The molecule has 21 heavy (non-hydrogen) atoms. The van der Waals surface area contributed by atoms with Crippen LogP contribution >= 0.6 is 0 Å². The molecule has 2 rings (SSSR count). The summed E-state index contributed by atoms with van der Waals surface area (Å²) in [5, 5.41) is 9.30. The number of piperidine rings is 1. The van der Waals surface area contributed by atoms with Gasteiger partial charge >= 0.3 is 5.97 Å². The molecule has 1 aromatic carbocycles. The molecule has 1 aliphatic rings. The number of aliphatic carboxylic acids is 1. The average Bonchev–Trinajstić information content (AvgIpc) is 2.49. The van der Waals surface area contributed by atoms with E-state index in [4.69, 9.17) is 9.47 Å². The van der Waals surface area contributed by atoms with Gasteiger partial charge in [-0.15, -0.1) is 0 Å². The van der Waals surface area contributed by atoms with Crippen LogP contribution in [-0.2, 0) is 4.79 Å². The monoisotopic (exact) mass is 293 g/mol. The second-order valence-corrected chi connectivity index (χ2v) is 5.54. The van der Waals surface area contributed by atoms with Gasteiger partial charge < -0.3 is 14.6 Å². The van der Waals surface area contributed by atoms with E-state index < -0.39 is 5.97 Å². The van der Waals surface area contributed by atoms with E-state index in [1.807, 2.05) is 29.2 Å². The molecule has 1 saturated heterocycles. The van der Waals surface area contributed by atoms with Crippen molar-refractivity contribution < 1.29 is 19.4 Å². The van der Waals surface area contributed by atoms with Crippen LogP contribution < -0.4 is 9.47 Å². The van der Waals surface area contributed by atoms with Crippen molar-refractivity contribution in [2.45, 2.75) is 25.8 Å². The van der Waals surface area contributed by atoms with Crippen LogP contribution in [0, 0.1) is 5.92 Å². The van der Waals surface area contributed by atoms with Gasteiger partial charge in [-0.25, -0.2) is 0 Å². The normalized spacial score (nSPS) is 22.8. The van der Waals surface area contributed by atoms with Crippen molar-refractivity contribution in [2.24, 2.45) is 5.92 Å². The number of carbonyl (C=O) groups is 1. The van der Waals surface area contributed by atoms with E-state index in [0.29, 0.717) is 19.1 Å². The van der Waals surface area contributed by atoms with E-state index in [1.54, 1.807) is 7.11 Å². The third kappa shape index (κ3) is 4.36. The van der Waals surface area contributed by atoms with Crippen molar-refractivity contribution in [2.75, 3.05) is 26.8 Å². The summed E-state index contributed by atoms with van der Waals surface area (Å²) in [7, 11) is 1.62. The number of carboxylic acid groups (broad SMARTS) is 1. The van der Waals surface area contributed by atoms with Crippen LogP contribution in [0.15, 0.2) is 24.3 Å². The minimum atomic E-state index is -0.731. The molecule has 1 fully saturated rings. The van der Waals surface area contributed by atoms with Crippen LogP contribution in [0.2, 0.25) is 0 Å². The Balaban J connectivity index is 1.82. The topological polar surface area (TPSA) is 59.0 Å². The molecular formula is C16H23NO4. The number of nitrogens with zero attached hydrogens (tertiary/aromatic N) is 1. The number of hydrogen-bond donors (Lipinski definition) is 1. The number of benzene rings is 1. The quantitative estimate of drug-likeness (QED) is 0.872. The van der Waals surface area contributed by atoms with Crippen LogP contribution in [0.4, 0.5) is 0 Å². The van der Waals surface area contributed by atoms with Gasteiger partial charge in [0.05, 0.1) is 7.11 Å². The number of carboxylic acids is 1. The van der Waals surface area contributed by atoms with Gasteiger partial charge in [0, 0.05) is 6.54 Å². The second-order valence-electron chi connectivity index (χ2n) is 5.54. The van der Waals surface area contributed by atoms with E-state index in [9.17, 15) is 9.90 Å². The number of rotatable bonds is 6. The molecule has 2 atom stereocenters. The van der Waals surface area contributed by atoms with Crippen LogP contribution in [0.25, 0.3) is 0 Å². The maximum Gasteiger partial charge on any atom is 0.320 e. The van der Waals surface area contributed by atoms with Crippen molar-refractivity contribution in [3.63, 3.8) is 0 Å². The molecule has 0 aromatic heterocycles. The van der Waals surface area contributed by atoms with Gasteiger partial charge in [-0.05, 0) is 49.6 Å². The summed E-state index contributed by atoms with van der Waals surface area (Å²) >= 11 is 0. The van der Waals surface area contributed by atoms with E-state index in [1.165, 1.54) is 0 Å². The minimum Gasteiger partial charge on any atom is -0.497 e. The Bertz CT molecular complexity index is 460. The summed E-state index contributed by atoms with van der Waals surface area (Å²) in [6.45, 7) is 4.06. The van der Waals surface area contributed by atoms with Crippen molar-refractivity contribution in [3.8, 4) is 11.5 Å². The van der Waals surface area contributed by atoms with Gasteiger partial charge in [0.1, 0.15) is 24.1 Å². The second kappa shape index (κ2) is 7.31. The summed E-state index contributed by atoms with van der Waals surface area (Å²) in [6.07, 6.45) is 1.77. The highest BCUT2D eigenvalue weighted by molar-refractivity contribution is 5.73. The molecule has 1 aromatic rings. The zero-order chi connectivity index (χ0) is 15.2. The van der Waals surface area contributed by atoms with E-state index in [0.717, 1.165) is 30.9 Å². The van der Waals surface area contributed by atoms with Crippen molar-refractivity contribution >= 4 is 5.97 Å². The molecule has 1 N–H and O–H groups in total. The predicted molar refractivity (Wildman–Crippen MR) is 79.9 cm³/mol. The van der Waals surface area contributed by atoms with Gasteiger partial charge in [0.25, 0.3) is 0 Å². The number of ether oxygens (including phenoxy) is 2. The highest BCUT2D eigenvalue weighted by atomic mass is 16.5. The predicted octanol–water partition coefficient (Wildman–Crippen LogP) is 2.26. The van der Waals surface area contributed by atoms with E-state index in [2.05, 4.69) is 6.92 Å². The van der Waals surface area contributed by atoms with Gasteiger partial charge in [-0.3, -0.25) is 9.69 Å². The number of hydrogen-bond acceptors (Lipinski definition) is 4. The zero-order valence-electron chi connectivity index (χ0n) is 12.6. The fourth-order valence-electron chi connectivity index (χ4n) is 2.67.